The smallest absolute Gasteiger partial charge is 0.320 e. The number of carbonyl (C=O) groups excluding carboxylic acids is 2. The van der Waals surface area contributed by atoms with Gasteiger partial charge in [-0.25, -0.2) is 4.79 Å². The van der Waals surface area contributed by atoms with E-state index in [2.05, 4.69) is 12.2 Å². The van der Waals surface area contributed by atoms with E-state index in [0.29, 0.717) is 5.92 Å². The predicted molar refractivity (Wildman–Crippen MR) is 72.5 cm³/mol. The van der Waals surface area contributed by atoms with Crippen molar-refractivity contribution in [3.05, 3.63) is 0 Å². The highest BCUT2D eigenvalue weighted by Crippen LogP contribution is 2.19. The van der Waals surface area contributed by atoms with Gasteiger partial charge in [-0.2, -0.15) is 0 Å². The molecular formula is C13H24N4O2. The molecule has 0 aromatic heterocycles. The number of nitrogens with one attached hydrogen (secondary N) is 1. The second-order valence-electron chi connectivity index (χ2n) is 5.69. The standard InChI is InChI=1S/C13H24N4O2/c1-10-3-6-16(7-4-10)13(19)17(9-12(14)18)11-2-5-15-8-11/h10-11,15H,2-9H2,1H3,(H2,14,18). The van der Waals surface area contributed by atoms with Gasteiger partial charge in [0.05, 0.1) is 0 Å². The summed E-state index contributed by atoms with van der Waals surface area (Å²) < 4.78 is 0. The molecule has 6 heteroatoms. The Morgan fingerprint density at radius 3 is 2.53 bits per heavy atom. The highest BCUT2D eigenvalue weighted by molar-refractivity contribution is 5.83. The fraction of sp³-hybridized carbons (Fsp3) is 0.846. The summed E-state index contributed by atoms with van der Waals surface area (Å²) in [5.41, 5.74) is 5.28. The van der Waals surface area contributed by atoms with Crippen LogP contribution in [0.15, 0.2) is 0 Å². The number of primary amides is 1. The lowest BCUT2D eigenvalue weighted by atomic mass is 9.99. The maximum atomic E-state index is 12.5. The Morgan fingerprint density at radius 1 is 1.32 bits per heavy atom. The van der Waals surface area contributed by atoms with Gasteiger partial charge in [0.1, 0.15) is 6.54 Å². The third-order valence-corrected chi connectivity index (χ3v) is 4.10. The number of likely N-dealkylation sites (tertiary alicyclic amines) is 1. The molecule has 3 N–H and O–H groups in total. The third-order valence-electron chi connectivity index (χ3n) is 4.10. The highest BCUT2D eigenvalue weighted by Gasteiger charge is 2.32. The molecule has 2 saturated heterocycles. The van der Waals surface area contributed by atoms with Crippen LogP contribution in [0, 0.1) is 5.92 Å². The number of nitrogens with zero attached hydrogens (tertiary/aromatic N) is 2. The van der Waals surface area contributed by atoms with Crippen molar-refractivity contribution in [2.45, 2.75) is 32.2 Å². The van der Waals surface area contributed by atoms with Crippen molar-refractivity contribution in [3.8, 4) is 0 Å². The summed E-state index contributed by atoms with van der Waals surface area (Å²) in [6.45, 7) is 5.46. The Kier molecular flexibility index (Phi) is 4.63. The maximum Gasteiger partial charge on any atom is 0.320 e. The molecule has 0 bridgehead atoms. The molecule has 0 spiro atoms. The number of amides is 3. The molecule has 0 radical (unpaired) electrons. The number of nitrogens with two attached hydrogens (primary N) is 1. The van der Waals surface area contributed by atoms with Crippen LogP contribution in [-0.2, 0) is 4.79 Å². The topological polar surface area (TPSA) is 78.7 Å². The molecule has 0 aliphatic carbocycles. The van der Waals surface area contributed by atoms with Gasteiger partial charge in [0.25, 0.3) is 0 Å². The first-order chi connectivity index (χ1) is 9.08. The van der Waals surface area contributed by atoms with Gasteiger partial charge >= 0.3 is 6.03 Å². The van der Waals surface area contributed by atoms with E-state index >= 15 is 0 Å². The second-order valence-corrected chi connectivity index (χ2v) is 5.69. The second kappa shape index (κ2) is 6.23. The van der Waals surface area contributed by atoms with E-state index in [1.165, 1.54) is 0 Å². The largest absolute Gasteiger partial charge is 0.368 e. The molecule has 0 aromatic rings. The van der Waals surface area contributed by atoms with Gasteiger partial charge < -0.3 is 20.9 Å². The molecule has 6 nitrogen and oxygen atoms in total. The van der Waals surface area contributed by atoms with Gasteiger partial charge in [-0.3, -0.25) is 4.79 Å². The van der Waals surface area contributed by atoms with Crippen LogP contribution in [-0.4, -0.2) is 60.5 Å². The fourth-order valence-corrected chi connectivity index (χ4v) is 2.81. The third kappa shape index (κ3) is 3.59. The summed E-state index contributed by atoms with van der Waals surface area (Å²) in [6.07, 6.45) is 2.97. The molecule has 2 rings (SSSR count). The maximum absolute atomic E-state index is 12.5. The van der Waals surface area contributed by atoms with E-state index < -0.39 is 5.91 Å². The average Bonchev–Trinajstić information content (AvgIpc) is 2.89. The number of urea groups is 1. The molecule has 1 unspecified atom stereocenters. The molecule has 2 heterocycles. The van der Waals surface area contributed by atoms with Crippen LogP contribution >= 0.6 is 0 Å². The normalized spacial score (nSPS) is 24.5. The molecule has 0 aromatic carbocycles. The van der Waals surface area contributed by atoms with Gasteiger partial charge in [-0.1, -0.05) is 6.92 Å². The number of piperidine rings is 1. The lowest BCUT2D eigenvalue weighted by molar-refractivity contribution is -0.119. The average molecular weight is 268 g/mol. The molecule has 2 fully saturated rings. The minimum Gasteiger partial charge on any atom is -0.368 e. The Hall–Kier alpha value is -1.30. The van der Waals surface area contributed by atoms with Crippen LogP contribution in [0.25, 0.3) is 0 Å². The molecule has 1 atom stereocenters. The van der Waals surface area contributed by atoms with Crippen molar-refractivity contribution in [1.29, 1.82) is 0 Å². The summed E-state index contributed by atoms with van der Waals surface area (Å²) in [7, 11) is 0. The monoisotopic (exact) mass is 268 g/mol. The Morgan fingerprint density at radius 2 is 2.00 bits per heavy atom. The first-order valence-corrected chi connectivity index (χ1v) is 7.12. The van der Waals surface area contributed by atoms with E-state index in [1.54, 1.807) is 4.90 Å². The van der Waals surface area contributed by atoms with Crippen LogP contribution in [0.3, 0.4) is 0 Å². The van der Waals surface area contributed by atoms with E-state index in [1.807, 2.05) is 4.90 Å². The fourth-order valence-electron chi connectivity index (χ4n) is 2.81. The zero-order valence-electron chi connectivity index (χ0n) is 11.6. The number of rotatable bonds is 3. The van der Waals surface area contributed by atoms with E-state index in [-0.39, 0.29) is 18.6 Å². The molecular weight excluding hydrogens is 244 g/mol. The summed E-state index contributed by atoms with van der Waals surface area (Å²) >= 11 is 0. The molecule has 108 valence electrons. The lowest BCUT2D eigenvalue weighted by Crippen LogP contribution is -2.53. The SMILES string of the molecule is CC1CCN(C(=O)N(CC(N)=O)C2CCNC2)CC1. The quantitative estimate of drug-likeness (QED) is 0.755. The van der Waals surface area contributed by atoms with Crippen LogP contribution in [0.5, 0.6) is 0 Å². The summed E-state index contributed by atoms with van der Waals surface area (Å²) in [6, 6.07) is 0.0683. The van der Waals surface area contributed by atoms with E-state index in [0.717, 1.165) is 45.4 Å². The first kappa shape index (κ1) is 14.1. The van der Waals surface area contributed by atoms with Crippen molar-refractivity contribution < 1.29 is 9.59 Å². The Bertz CT molecular complexity index is 334. The van der Waals surface area contributed by atoms with Crippen LogP contribution in [0.1, 0.15) is 26.2 Å². The predicted octanol–water partition coefficient (Wildman–Crippen LogP) is -0.0125. The zero-order valence-corrected chi connectivity index (χ0v) is 11.6. The van der Waals surface area contributed by atoms with Gasteiger partial charge in [0.15, 0.2) is 0 Å². The van der Waals surface area contributed by atoms with Crippen LogP contribution < -0.4 is 11.1 Å². The summed E-state index contributed by atoms with van der Waals surface area (Å²) in [5.74, 6) is 0.243. The Balaban J connectivity index is 2.00. The molecule has 0 saturated carbocycles. The Labute approximate surface area is 114 Å². The van der Waals surface area contributed by atoms with Crippen molar-refractivity contribution in [1.82, 2.24) is 15.1 Å². The van der Waals surface area contributed by atoms with Gasteiger partial charge in [-0.05, 0) is 31.7 Å². The molecule has 2 aliphatic heterocycles. The molecule has 2 aliphatic rings. The van der Waals surface area contributed by atoms with Crippen molar-refractivity contribution in [2.24, 2.45) is 11.7 Å². The minimum absolute atomic E-state index is 0.0250. The molecule has 3 amide bonds. The van der Waals surface area contributed by atoms with Gasteiger partial charge in [0.2, 0.25) is 5.91 Å². The summed E-state index contributed by atoms with van der Waals surface area (Å²) in [5, 5.41) is 3.23. The van der Waals surface area contributed by atoms with Crippen molar-refractivity contribution >= 4 is 11.9 Å². The van der Waals surface area contributed by atoms with Crippen molar-refractivity contribution in [2.75, 3.05) is 32.7 Å². The van der Waals surface area contributed by atoms with Gasteiger partial charge in [0, 0.05) is 25.7 Å². The first-order valence-electron chi connectivity index (χ1n) is 7.12. The zero-order chi connectivity index (χ0) is 13.8. The summed E-state index contributed by atoms with van der Waals surface area (Å²) in [4.78, 5) is 27.3. The van der Waals surface area contributed by atoms with Crippen LogP contribution in [0.2, 0.25) is 0 Å². The van der Waals surface area contributed by atoms with E-state index in [9.17, 15) is 9.59 Å². The number of hydrogen-bond donors (Lipinski definition) is 2. The van der Waals surface area contributed by atoms with Gasteiger partial charge in [-0.15, -0.1) is 0 Å². The molecule has 19 heavy (non-hydrogen) atoms. The van der Waals surface area contributed by atoms with Crippen molar-refractivity contribution in [3.63, 3.8) is 0 Å². The van der Waals surface area contributed by atoms with E-state index in [4.69, 9.17) is 5.73 Å². The number of carbonyl (C=O) groups is 2. The van der Waals surface area contributed by atoms with Crippen LogP contribution in [0.4, 0.5) is 4.79 Å². The lowest BCUT2D eigenvalue weighted by Gasteiger charge is -2.36. The number of hydrogen-bond acceptors (Lipinski definition) is 3. The highest BCUT2D eigenvalue weighted by atomic mass is 16.2. The minimum atomic E-state index is -0.439.